The lowest BCUT2D eigenvalue weighted by molar-refractivity contribution is -0.127. The Morgan fingerprint density at radius 1 is 1.21 bits per heavy atom. The van der Waals surface area contributed by atoms with Crippen molar-refractivity contribution in [3.63, 3.8) is 0 Å². The summed E-state index contributed by atoms with van der Waals surface area (Å²) in [7, 11) is 0. The predicted molar refractivity (Wildman–Crippen MR) is 95.2 cm³/mol. The van der Waals surface area contributed by atoms with Gasteiger partial charge in [0, 0.05) is 27.7 Å². The van der Waals surface area contributed by atoms with Gasteiger partial charge in [-0.3, -0.25) is 24.8 Å². The van der Waals surface area contributed by atoms with Gasteiger partial charge in [-0.05, 0) is 24.3 Å². The van der Waals surface area contributed by atoms with Gasteiger partial charge in [-0.25, -0.2) is 4.98 Å². The second-order valence-corrected chi connectivity index (χ2v) is 7.20. The molecule has 0 saturated carbocycles. The second kappa shape index (κ2) is 7.69. The highest BCUT2D eigenvalue weighted by atomic mass is 35.5. The smallest absolute Gasteiger partial charge is 0.248 e. The molecule has 24 heavy (non-hydrogen) atoms. The monoisotopic (exact) mass is 380 g/mol. The zero-order chi connectivity index (χ0) is 16.9. The lowest BCUT2D eigenvalue weighted by atomic mass is 10.3. The fourth-order valence-electron chi connectivity index (χ4n) is 1.93. The van der Waals surface area contributed by atoms with E-state index in [0.29, 0.717) is 10.7 Å². The SMILES string of the molecule is O=C(CSc1ccc(Cl)cc1)NNC(=O)Cc1cn2ccsc2n1. The lowest BCUT2D eigenvalue weighted by Gasteiger charge is -2.06. The third-order valence-corrected chi connectivity index (χ3v) is 5.04. The van der Waals surface area contributed by atoms with Crippen LogP contribution in [0.4, 0.5) is 0 Å². The van der Waals surface area contributed by atoms with Crippen LogP contribution in [-0.4, -0.2) is 27.0 Å². The van der Waals surface area contributed by atoms with E-state index >= 15 is 0 Å². The summed E-state index contributed by atoms with van der Waals surface area (Å²) in [6, 6.07) is 7.20. The van der Waals surface area contributed by atoms with Gasteiger partial charge in [0.25, 0.3) is 0 Å². The standard InChI is InChI=1S/C15H13ClN4O2S2/c16-10-1-3-12(4-2-10)24-9-14(22)19-18-13(21)7-11-8-20-5-6-23-15(20)17-11/h1-6,8H,7,9H2,(H,18,21)(H,19,22). The first-order valence-electron chi connectivity index (χ1n) is 6.97. The van der Waals surface area contributed by atoms with Gasteiger partial charge in [-0.1, -0.05) is 11.6 Å². The number of hydrogen-bond donors (Lipinski definition) is 2. The molecule has 0 saturated heterocycles. The normalized spacial score (nSPS) is 10.7. The number of hydrazine groups is 1. The third-order valence-electron chi connectivity index (χ3n) is 3.01. The molecule has 6 nitrogen and oxygen atoms in total. The minimum Gasteiger partial charge on any atom is -0.297 e. The Labute approximate surface area is 151 Å². The molecular weight excluding hydrogens is 368 g/mol. The number of benzene rings is 1. The van der Waals surface area contributed by atoms with Crippen molar-refractivity contribution >= 4 is 51.5 Å². The number of thiazole rings is 1. The quantitative estimate of drug-likeness (QED) is 0.527. The van der Waals surface area contributed by atoms with Crippen LogP contribution in [0, 0.1) is 0 Å². The maximum absolute atomic E-state index is 11.8. The van der Waals surface area contributed by atoms with Gasteiger partial charge in [-0.2, -0.15) is 0 Å². The minimum absolute atomic E-state index is 0.110. The van der Waals surface area contributed by atoms with E-state index < -0.39 is 0 Å². The molecule has 3 aromatic rings. The molecule has 0 radical (unpaired) electrons. The van der Waals surface area contributed by atoms with Gasteiger partial charge in [-0.15, -0.1) is 23.1 Å². The molecule has 124 valence electrons. The van der Waals surface area contributed by atoms with Crippen LogP contribution in [0.1, 0.15) is 5.69 Å². The molecule has 0 fully saturated rings. The van der Waals surface area contributed by atoms with E-state index in [1.54, 1.807) is 18.3 Å². The molecule has 0 aliphatic rings. The summed E-state index contributed by atoms with van der Waals surface area (Å²) in [5.41, 5.74) is 5.45. The zero-order valence-corrected chi connectivity index (χ0v) is 14.7. The van der Waals surface area contributed by atoms with Crippen molar-refractivity contribution in [1.29, 1.82) is 0 Å². The van der Waals surface area contributed by atoms with Crippen LogP contribution in [-0.2, 0) is 16.0 Å². The van der Waals surface area contributed by atoms with Gasteiger partial charge < -0.3 is 0 Å². The molecule has 3 rings (SSSR count). The minimum atomic E-state index is -0.314. The summed E-state index contributed by atoms with van der Waals surface area (Å²) in [6.07, 6.45) is 3.78. The Balaban J connectivity index is 1.41. The Kier molecular flexibility index (Phi) is 5.39. The van der Waals surface area contributed by atoms with Crippen molar-refractivity contribution in [2.24, 2.45) is 0 Å². The van der Waals surface area contributed by atoms with Crippen LogP contribution in [0.15, 0.2) is 46.9 Å². The summed E-state index contributed by atoms with van der Waals surface area (Å²) >= 11 is 8.66. The van der Waals surface area contributed by atoms with E-state index in [1.165, 1.54) is 23.1 Å². The van der Waals surface area contributed by atoms with E-state index in [2.05, 4.69) is 15.8 Å². The molecule has 9 heteroatoms. The number of halogens is 1. The second-order valence-electron chi connectivity index (χ2n) is 4.84. The number of carbonyl (C=O) groups is 2. The van der Waals surface area contributed by atoms with Crippen molar-refractivity contribution < 1.29 is 9.59 Å². The van der Waals surface area contributed by atoms with E-state index in [1.807, 2.05) is 28.1 Å². The van der Waals surface area contributed by atoms with Crippen LogP contribution in [0.5, 0.6) is 0 Å². The maximum atomic E-state index is 11.8. The Bertz CT molecular complexity index is 831. The van der Waals surface area contributed by atoms with Crippen molar-refractivity contribution in [2.45, 2.75) is 11.3 Å². The summed E-state index contributed by atoms with van der Waals surface area (Å²) in [6.45, 7) is 0. The molecule has 2 N–H and O–H groups in total. The number of rotatable bonds is 5. The average molecular weight is 381 g/mol. The first-order chi connectivity index (χ1) is 11.6. The van der Waals surface area contributed by atoms with Gasteiger partial charge in [0.15, 0.2) is 4.96 Å². The number of fused-ring (bicyclic) bond motifs is 1. The molecule has 2 amide bonds. The van der Waals surface area contributed by atoms with Crippen molar-refractivity contribution in [3.8, 4) is 0 Å². The highest BCUT2D eigenvalue weighted by molar-refractivity contribution is 8.00. The Morgan fingerprint density at radius 3 is 2.71 bits per heavy atom. The number of amides is 2. The number of nitrogens with zero attached hydrogens (tertiary/aromatic N) is 2. The molecule has 0 spiro atoms. The molecular formula is C15H13ClN4O2S2. The van der Waals surface area contributed by atoms with Gasteiger partial charge in [0.05, 0.1) is 17.9 Å². The third kappa shape index (κ3) is 4.50. The molecule has 0 atom stereocenters. The van der Waals surface area contributed by atoms with Gasteiger partial charge in [0.1, 0.15) is 0 Å². The molecule has 0 unspecified atom stereocenters. The Morgan fingerprint density at radius 2 is 1.96 bits per heavy atom. The number of imidazole rings is 1. The molecule has 2 heterocycles. The highest BCUT2D eigenvalue weighted by Crippen LogP contribution is 2.19. The fraction of sp³-hybridized carbons (Fsp3) is 0.133. The van der Waals surface area contributed by atoms with Gasteiger partial charge >= 0.3 is 0 Å². The number of thioether (sulfide) groups is 1. The number of carbonyl (C=O) groups excluding carboxylic acids is 2. The summed E-state index contributed by atoms with van der Waals surface area (Å²) in [4.78, 5) is 29.7. The van der Waals surface area contributed by atoms with Crippen LogP contribution in [0.2, 0.25) is 5.02 Å². The fourth-order valence-corrected chi connectivity index (χ4v) is 3.47. The van der Waals surface area contributed by atoms with E-state index in [9.17, 15) is 9.59 Å². The van der Waals surface area contributed by atoms with E-state index in [4.69, 9.17) is 11.6 Å². The summed E-state index contributed by atoms with van der Waals surface area (Å²) in [5.74, 6) is -0.401. The van der Waals surface area contributed by atoms with Crippen LogP contribution in [0.25, 0.3) is 4.96 Å². The highest BCUT2D eigenvalue weighted by Gasteiger charge is 2.09. The topological polar surface area (TPSA) is 75.5 Å². The van der Waals surface area contributed by atoms with Crippen molar-refractivity contribution in [2.75, 3.05) is 5.75 Å². The first-order valence-corrected chi connectivity index (χ1v) is 9.21. The van der Waals surface area contributed by atoms with Crippen LogP contribution < -0.4 is 10.9 Å². The molecule has 1 aromatic carbocycles. The van der Waals surface area contributed by atoms with E-state index in [-0.39, 0.29) is 24.0 Å². The summed E-state index contributed by atoms with van der Waals surface area (Å²) < 4.78 is 1.86. The van der Waals surface area contributed by atoms with Crippen molar-refractivity contribution in [1.82, 2.24) is 20.2 Å². The number of nitrogens with one attached hydrogen (secondary N) is 2. The molecule has 0 bridgehead atoms. The maximum Gasteiger partial charge on any atom is 0.248 e. The number of aromatic nitrogens is 2. The number of hydrogen-bond acceptors (Lipinski definition) is 5. The Hall–Kier alpha value is -2.03. The molecule has 2 aromatic heterocycles. The first kappa shape index (κ1) is 16.8. The lowest BCUT2D eigenvalue weighted by Crippen LogP contribution is -2.43. The van der Waals surface area contributed by atoms with Crippen LogP contribution in [0.3, 0.4) is 0 Å². The predicted octanol–water partition coefficient (Wildman–Crippen LogP) is 2.53. The zero-order valence-electron chi connectivity index (χ0n) is 12.4. The van der Waals surface area contributed by atoms with Crippen molar-refractivity contribution in [3.05, 3.63) is 52.8 Å². The molecule has 0 aliphatic carbocycles. The average Bonchev–Trinajstić information content (AvgIpc) is 3.13. The van der Waals surface area contributed by atoms with Gasteiger partial charge in [0.2, 0.25) is 11.8 Å². The van der Waals surface area contributed by atoms with E-state index in [0.717, 1.165) is 9.86 Å². The molecule has 0 aliphatic heterocycles. The summed E-state index contributed by atoms with van der Waals surface area (Å²) in [5, 5.41) is 2.57. The van der Waals surface area contributed by atoms with Crippen LogP contribution >= 0.6 is 34.7 Å². The largest absolute Gasteiger partial charge is 0.297 e.